The highest BCUT2D eigenvalue weighted by molar-refractivity contribution is 14.1. The average molecular weight is 261 g/mol. The van der Waals surface area contributed by atoms with Gasteiger partial charge in [0, 0.05) is 15.3 Å². The number of rotatable bonds is 0. The maximum absolute atomic E-state index is 5.31. The zero-order chi connectivity index (χ0) is 7.84. The number of nitrogens with zero attached hydrogens (tertiary/aromatic N) is 1. The summed E-state index contributed by atoms with van der Waals surface area (Å²) in [5.41, 5.74) is 3.69. The van der Waals surface area contributed by atoms with E-state index in [2.05, 4.69) is 27.6 Å². The third kappa shape index (κ3) is 1.16. The molecule has 0 atom stereocenters. The minimum atomic E-state index is 0.735. The van der Waals surface area contributed by atoms with Crippen molar-refractivity contribution in [3.8, 4) is 0 Å². The Morgan fingerprint density at radius 1 is 1.55 bits per heavy atom. The molecule has 0 fully saturated rings. The molecule has 58 valence electrons. The topological polar surface area (TPSA) is 22.1 Å². The van der Waals surface area contributed by atoms with Crippen LogP contribution in [0.1, 0.15) is 16.8 Å². The predicted molar refractivity (Wildman–Crippen MR) is 50.2 cm³/mol. The van der Waals surface area contributed by atoms with Crippen molar-refractivity contribution < 1.29 is 4.74 Å². The Bertz CT molecular complexity index is 298. The normalized spacial score (nSPS) is 15.1. The summed E-state index contributed by atoms with van der Waals surface area (Å²) in [5, 5.41) is 0. The highest BCUT2D eigenvalue weighted by Crippen LogP contribution is 2.25. The van der Waals surface area contributed by atoms with Crippen LogP contribution in [0.25, 0.3) is 0 Å². The Kier molecular flexibility index (Phi) is 1.85. The van der Waals surface area contributed by atoms with E-state index in [1.165, 1.54) is 14.7 Å². The van der Waals surface area contributed by atoms with E-state index in [4.69, 9.17) is 4.74 Å². The largest absolute Gasteiger partial charge is 0.372 e. The molecule has 1 aliphatic rings. The first kappa shape index (κ1) is 7.49. The summed E-state index contributed by atoms with van der Waals surface area (Å²) in [6.07, 6.45) is 1.92. The molecule has 2 rings (SSSR count). The van der Waals surface area contributed by atoms with Gasteiger partial charge in [-0.05, 0) is 35.1 Å². The summed E-state index contributed by atoms with van der Waals surface area (Å²) >= 11 is 2.33. The summed E-state index contributed by atoms with van der Waals surface area (Å²) in [4.78, 5) is 4.26. The molecular formula is C8H8INO. The minimum Gasteiger partial charge on any atom is -0.372 e. The third-order valence-electron chi connectivity index (χ3n) is 1.89. The van der Waals surface area contributed by atoms with E-state index < -0.39 is 0 Å². The van der Waals surface area contributed by atoms with Gasteiger partial charge in [-0.3, -0.25) is 4.98 Å². The van der Waals surface area contributed by atoms with E-state index in [1.54, 1.807) is 0 Å². The van der Waals surface area contributed by atoms with Crippen LogP contribution >= 0.6 is 22.6 Å². The maximum Gasteiger partial charge on any atom is 0.0740 e. The second kappa shape index (κ2) is 2.71. The van der Waals surface area contributed by atoms with Gasteiger partial charge in [-0.1, -0.05) is 0 Å². The fourth-order valence-corrected chi connectivity index (χ4v) is 1.85. The number of hydrogen-bond acceptors (Lipinski definition) is 2. The quantitative estimate of drug-likeness (QED) is 0.666. The molecule has 0 amide bonds. The Morgan fingerprint density at radius 2 is 2.36 bits per heavy atom. The molecule has 1 aromatic heterocycles. The second-order valence-electron chi connectivity index (χ2n) is 2.65. The van der Waals surface area contributed by atoms with Gasteiger partial charge in [0.25, 0.3) is 0 Å². The number of aryl methyl sites for hydroxylation is 1. The molecule has 0 aliphatic carbocycles. The number of halogens is 1. The molecule has 0 saturated carbocycles. The molecule has 3 heteroatoms. The van der Waals surface area contributed by atoms with Crippen molar-refractivity contribution in [2.45, 2.75) is 20.1 Å². The Labute approximate surface area is 79.1 Å². The van der Waals surface area contributed by atoms with Gasteiger partial charge in [0.1, 0.15) is 0 Å². The molecule has 0 aromatic carbocycles. The molecule has 0 N–H and O–H groups in total. The van der Waals surface area contributed by atoms with Crippen molar-refractivity contribution >= 4 is 22.6 Å². The van der Waals surface area contributed by atoms with Gasteiger partial charge in [0.15, 0.2) is 0 Å². The van der Waals surface area contributed by atoms with E-state index >= 15 is 0 Å². The van der Waals surface area contributed by atoms with Crippen molar-refractivity contribution in [3.63, 3.8) is 0 Å². The van der Waals surface area contributed by atoms with E-state index in [9.17, 15) is 0 Å². The molecule has 2 heterocycles. The summed E-state index contributed by atoms with van der Waals surface area (Å²) < 4.78 is 6.57. The van der Waals surface area contributed by atoms with Crippen LogP contribution in [0, 0.1) is 10.5 Å². The molecule has 0 saturated heterocycles. The van der Waals surface area contributed by atoms with Gasteiger partial charge < -0.3 is 4.74 Å². The van der Waals surface area contributed by atoms with E-state index in [0.717, 1.165) is 18.9 Å². The zero-order valence-electron chi connectivity index (χ0n) is 6.22. The van der Waals surface area contributed by atoms with Gasteiger partial charge in [0.2, 0.25) is 0 Å². The molecule has 1 aromatic rings. The smallest absolute Gasteiger partial charge is 0.0740 e. The third-order valence-corrected chi connectivity index (χ3v) is 3.32. The highest BCUT2D eigenvalue weighted by atomic mass is 127. The Morgan fingerprint density at radius 3 is 3.18 bits per heavy atom. The first-order chi connectivity index (χ1) is 5.29. The van der Waals surface area contributed by atoms with Gasteiger partial charge in [0.05, 0.1) is 18.9 Å². The molecule has 2 nitrogen and oxygen atoms in total. The molecule has 0 spiro atoms. The van der Waals surface area contributed by atoms with Crippen molar-refractivity contribution in [1.29, 1.82) is 0 Å². The van der Waals surface area contributed by atoms with Crippen molar-refractivity contribution in [2.24, 2.45) is 0 Å². The van der Waals surface area contributed by atoms with Gasteiger partial charge in [-0.2, -0.15) is 0 Å². The minimum absolute atomic E-state index is 0.735. The van der Waals surface area contributed by atoms with Crippen LogP contribution in [0.3, 0.4) is 0 Å². The fraction of sp³-hybridized carbons (Fsp3) is 0.375. The molecular weight excluding hydrogens is 253 g/mol. The summed E-state index contributed by atoms with van der Waals surface area (Å²) in [6.45, 7) is 3.52. The Balaban J connectivity index is 2.62. The molecule has 1 aliphatic heterocycles. The van der Waals surface area contributed by atoms with Crippen LogP contribution in [0.15, 0.2) is 6.20 Å². The predicted octanol–water partition coefficient (Wildman–Crippen LogP) is 2.02. The first-order valence-electron chi connectivity index (χ1n) is 3.49. The van der Waals surface area contributed by atoms with Crippen LogP contribution in [-0.4, -0.2) is 4.98 Å². The lowest BCUT2D eigenvalue weighted by Gasteiger charge is -2.01. The lowest BCUT2D eigenvalue weighted by molar-refractivity contribution is 0.134. The Hall–Kier alpha value is -0.160. The van der Waals surface area contributed by atoms with Crippen molar-refractivity contribution in [1.82, 2.24) is 4.98 Å². The van der Waals surface area contributed by atoms with Crippen molar-refractivity contribution in [2.75, 3.05) is 0 Å². The number of hydrogen-bond donors (Lipinski definition) is 0. The monoisotopic (exact) mass is 261 g/mol. The van der Waals surface area contributed by atoms with Gasteiger partial charge in [-0.25, -0.2) is 0 Å². The lowest BCUT2D eigenvalue weighted by atomic mass is 10.2. The second-order valence-corrected chi connectivity index (χ2v) is 3.73. The SMILES string of the molecule is Cc1ncc2c(c1I)COC2. The molecule has 11 heavy (non-hydrogen) atoms. The average Bonchev–Trinajstić information content (AvgIpc) is 2.45. The molecule has 0 unspecified atom stereocenters. The summed E-state index contributed by atoms with van der Waals surface area (Å²) in [6, 6.07) is 0. The number of aromatic nitrogens is 1. The van der Waals surface area contributed by atoms with Crippen LogP contribution in [0.2, 0.25) is 0 Å². The fourth-order valence-electron chi connectivity index (χ4n) is 1.21. The standard InChI is InChI=1S/C8H8INO/c1-5-8(9)7-4-11-3-6(7)2-10-5/h2H,3-4H2,1H3. The number of pyridine rings is 1. The zero-order valence-corrected chi connectivity index (χ0v) is 8.38. The molecule has 0 radical (unpaired) electrons. The van der Waals surface area contributed by atoms with Crippen LogP contribution in [-0.2, 0) is 18.0 Å². The summed E-state index contributed by atoms with van der Waals surface area (Å²) in [5.74, 6) is 0. The maximum atomic E-state index is 5.31. The first-order valence-corrected chi connectivity index (χ1v) is 4.57. The molecule has 0 bridgehead atoms. The van der Waals surface area contributed by atoms with Crippen LogP contribution in [0.4, 0.5) is 0 Å². The van der Waals surface area contributed by atoms with Crippen LogP contribution < -0.4 is 0 Å². The number of ether oxygens (including phenoxy) is 1. The highest BCUT2D eigenvalue weighted by Gasteiger charge is 2.15. The van der Waals surface area contributed by atoms with Crippen molar-refractivity contribution in [3.05, 3.63) is 26.6 Å². The van der Waals surface area contributed by atoms with Crippen LogP contribution in [0.5, 0.6) is 0 Å². The van der Waals surface area contributed by atoms with E-state index in [-0.39, 0.29) is 0 Å². The van der Waals surface area contributed by atoms with Gasteiger partial charge in [-0.15, -0.1) is 0 Å². The van der Waals surface area contributed by atoms with E-state index in [0.29, 0.717) is 0 Å². The summed E-state index contributed by atoms with van der Waals surface area (Å²) in [7, 11) is 0. The number of fused-ring (bicyclic) bond motifs is 1. The van der Waals surface area contributed by atoms with Gasteiger partial charge >= 0.3 is 0 Å². The van der Waals surface area contributed by atoms with E-state index in [1.807, 2.05) is 13.1 Å². The lowest BCUT2D eigenvalue weighted by Crippen LogP contribution is -1.93.